The standard InChI is InChI=1S/C13H12BrN5O/c14-9-3-1-2-8(4-9)12-18-13(20-19-12)11(15)5-10-6-16-7-17-10/h1-4,6-7,11H,5,15H2,(H,16,17)/t11-/m0/s1. The highest BCUT2D eigenvalue weighted by atomic mass is 79.9. The Hall–Kier alpha value is -1.99. The van der Waals surface area contributed by atoms with Crippen LogP contribution < -0.4 is 5.73 Å². The van der Waals surface area contributed by atoms with Crippen LogP contribution in [0.15, 0.2) is 45.8 Å². The van der Waals surface area contributed by atoms with E-state index in [0.29, 0.717) is 18.1 Å². The van der Waals surface area contributed by atoms with Gasteiger partial charge in [-0.15, -0.1) is 0 Å². The summed E-state index contributed by atoms with van der Waals surface area (Å²) < 4.78 is 6.19. The first-order valence-corrected chi connectivity index (χ1v) is 6.84. The van der Waals surface area contributed by atoms with Gasteiger partial charge in [-0.05, 0) is 12.1 Å². The number of rotatable bonds is 4. The Bertz CT molecular complexity index is 694. The monoisotopic (exact) mass is 333 g/mol. The highest BCUT2D eigenvalue weighted by molar-refractivity contribution is 9.10. The molecule has 7 heteroatoms. The van der Waals surface area contributed by atoms with E-state index in [2.05, 4.69) is 36.0 Å². The van der Waals surface area contributed by atoms with E-state index < -0.39 is 0 Å². The van der Waals surface area contributed by atoms with Gasteiger partial charge in [-0.1, -0.05) is 33.2 Å². The maximum absolute atomic E-state index is 6.05. The smallest absolute Gasteiger partial charge is 0.244 e. The molecule has 0 unspecified atom stereocenters. The number of hydrogen-bond acceptors (Lipinski definition) is 5. The molecule has 0 bridgehead atoms. The minimum absolute atomic E-state index is 0.358. The molecule has 3 N–H and O–H groups in total. The first-order chi connectivity index (χ1) is 9.72. The van der Waals surface area contributed by atoms with Crippen molar-refractivity contribution >= 4 is 15.9 Å². The summed E-state index contributed by atoms with van der Waals surface area (Å²) in [4.78, 5) is 11.3. The molecule has 2 heterocycles. The van der Waals surface area contributed by atoms with Crippen LogP contribution in [-0.2, 0) is 6.42 Å². The second-order valence-corrected chi connectivity index (χ2v) is 5.27. The Kier molecular flexibility index (Phi) is 3.62. The average molecular weight is 334 g/mol. The molecule has 0 saturated carbocycles. The molecule has 0 aliphatic heterocycles. The summed E-state index contributed by atoms with van der Waals surface area (Å²) >= 11 is 3.41. The van der Waals surface area contributed by atoms with Crippen molar-refractivity contribution in [2.45, 2.75) is 12.5 Å². The van der Waals surface area contributed by atoms with Crippen molar-refractivity contribution in [1.29, 1.82) is 0 Å². The number of nitrogens with two attached hydrogens (primary N) is 1. The fraction of sp³-hybridized carbons (Fsp3) is 0.154. The van der Waals surface area contributed by atoms with Gasteiger partial charge < -0.3 is 15.2 Å². The zero-order valence-corrected chi connectivity index (χ0v) is 12.0. The molecule has 0 saturated heterocycles. The Balaban J connectivity index is 1.79. The third-order valence-electron chi connectivity index (χ3n) is 2.84. The van der Waals surface area contributed by atoms with Gasteiger partial charge in [0, 0.05) is 28.3 Å². The van der Waals surface area contributed by atoms with Gasteiger partial charge in [0.25, 0.3) is 0 Å². The molecule has 0 amide bonds. The maximum Gasteiger partial charge on any atom is 0.244 e. The predicted molar refractivity (Wildman–Crippen MR) is 76.7 cm³/mol. The van der Waals surface area contributed by atoms with Gasteiger partial charge in [0.05, 0.1) is 12.4 Å². The van der Waals surface area contributed by atoms with Crippen LogP contribution in [0.4, 0.5) is 0 Å². The molecule has 3 aromatic rings. The Morgan fingerprint density at radius 2 is 2.30 bits per heavy atom. The number of hydrogen-bond donors (Lipinski definition) is 2. The summed E-state index contributed by atoms with van der Waals surface area (Å²) in [5, 5.41) is 3.97. The van der Waals surface area contributed by atoms with Crippen molar-refractivity contribution in [2.75, 3.05) is 0 Å². The molecule has 2 aromatic heterocycles. The fourth-order valence-electron chi connectivity index (χ4n) is 1.85. The number of benzene rings is 1. The number of aromatic nitrogens is 4. The van der Waals surface area contributed by atoms with Gasteiger partial charge in [-0.3, -0.25) is 0 Å². The number of nitrogens with zero attached hydrogens (tertiary/aromatic N) is 3. The molecule has 6 nitrogen and oxygen atoms in total. The van der Waals surface area contributed by atoms with E-state index in [1.165, 1.54) is 0 Å². The van der Waals surface area contributed by atoms with Gasteiger partial charge in [0.1, 0.15) is 0 Å². The van der Waals surface area contributed by atoms with Crippen molar-refractivity contribution in [3.05, 3.63) is 52.8 Å². The minimum Gasteiger partial charge on any atom is -0.348 e. The van der Waals surface area contributed by atoms with Crippen LogP contribution >= 0.6 is 15.9 Å². The van der Waals surface area contributed by atoms with Crippen LogP contribution in [0.5, 0.6) is 0 Å². The predicted octanol–water partition coefficient (Wildman–Crippen LogP) is 2.46. The largest absolute Gasteiger partial charge is 0.348 e. The number of imidazole rings is 1. The third-order valence-corrected chi connectivity index (χ3v) is 3.33. The second kappa shape index (κ2) is 5.56. The van der Waals surface area contributed by atoms with Crippen LogP contribution in [0.2, 0.25) is 0 Å². The summed E-state index contributed by atoms with van der Waals surface area (Å²) in [6.07, 6.45) is 3.91. The summed E-state index contributed by atoms with van der Waals surface area (Å²) in [5.41, 5.74) is 7.86. The first-order valence-electron chi connectivity index (χ1n) is 6.05. The van der Waals surface area contributed by atoms with Gasteiger partial charge in [0.15, 0.2) is 0 Å². The molecule has 3 rings (SSSR count). The Labute approximate surface area is 123 Å². The number of nitrogens with one attached hydrogen (secondary N) is 1. The molecule has 0 aliphatic carbocycles. The Morgan fingerprint density at radius 3 is 3.05 bits per heavy atom. The van der Waals surface area contributed by atoms with Crippen LogP contribution in [0.3, 0.4) is 0 Å². The van der Waals surface area contributed by atoms with Crippen molar-refractivity contribution in [3.8, 4) is 11.4 Å². The molecule has 1 aromatic carbocycles. The van der Waals surface area contributed by atoms with E-state index in [1.54, 1.807) is 12.5 Å². The van der Waals surface area contributed by atoms with E-state index in [9.17, 15) is 0 Å². The van der Waals surface area contributed by atoms with Crippen LogP contribution in [0.25, 0.3) is 11.4 Å². The van der Waals surface area contributed by atoms with Gasteiger partial charge in [-0.2, -0.15) is 4.98 Å². The number of H-pyrrole nitrogens is 1. The molecule has 0 aliphatic rings. The van der Waals surface area contributed by atoms with E-state index in [4.69, 9.17) is 10.3 Å². The van der Waals surface area contributed by atoms with Gasteiger partial charge in [-0.25, -0.2) is 4.98 Å². The van der Waals surface area contributed by atoms with E-state index in [-0.39, 0.29) is 6.04 Å². The van der Waals surface area contributed by atoms with E-state index in [0.717, 1.165) is 15.7 Å². The molecule has 0 radical (unpaired) electrons. The SMILES string of the molecule is N[C@@H](Cc1cnc[nH]1)c1nc(-c2cccc(Br)c2)no1. The quantitative estimate of drug-likeness (QED) is 0.764. The lowest BCUT2D eigenvalue weighted by molar-refractivity contribution is 0.354. The second-order valence-electron chi connectivity index (χ2n) is 4.35. The molecule has 0 spiro atoms. The van der Waals surface area contributed by atoms with E-state index in [1.807, 2.05) is 24.3 Å². The molecule has 0 fully saturated rings. The normalized spacial score (nSPS) is 12.5. The maximum atomic E-state index is 6.05. The zero-order valence-electron chi connectivity index (χ0n) is 10.5. The average Bonchev–Trinajstić information content (AvgIpc) is 3.09. The lowest BCUT2D eigenvalue weighted by Gasteiger charge is -2.03. The van der Waals surface area contributed by atoms with Crippen molar-refractivity contribution in [2.24, 2.45) is 5.73 Å². The highest BCUT2D eigenvalue weighted by Crippen LogP contribution is 2.22. The van der Waals surface area contributed by atoms with Gasteiger partial charge in [0.2, 0.25) is 11.7 Å². The van der Waals surface area contributed by atoms with Gasteiger partial charge >= 0.3 is 0 Å². The van der Waals surface area contributed by atoms with Crippen LogP contribution in [0, 0.1) is 0 Å². The summed E-state index contributed by atoms with van der Waals surface area (Å²) in [6, 6.07) is 7.34. The zero-order chi connectivity index (χ0) is 13.9. The highest BCUT2D eigenvalue weighted by Gasteiger charge is 2.16. The molecule has 20 heavy (non-hydrogen) atoms. The summed E-state index contributed by atoms with van der Waals surface area (Å²) in [6.45, 7) is 0. The van der Waals surface area contributed by atoms with Crippen molar-refractivity contribution < 1.29 is 4.52 Å². The lowest BCUT2D eigenvalue weighted by Crippen LogP contribution is -2.13. The van der Waals surface area contributed by atoms with Crippen molar-refractivity contribution in [3.63, 3.8) is 0 Å². The van der Waals surface area contributed by atoms with E-state index >= 15 is 0 Å². The molecular weight excluding hydrogens is 322 g/mol. The number of aromatic amines is 1. The Morgan fingerprint density at radius 1 is 1.40 bits per heavy atom. The van der Waals surface area contributed by atoms with Crippen molar-refractivity contribution in [1.82, 2.24) is 20.1 Å². The topological polar surface area (TPSA) is 93.6 Å². The van der Waals surface area contributed by atoms with Crippen LogP contribution in [0.1, 0.15) is 17.6 Å². The number of halogens is 1. The van der Waals surface area contributed by atoms with Crippen LogP contribution in [-0.4, -0.2) is 20.1 Å². The lowest BCUT2D eigenvalue weighted by atomic mass is 10.2. The third kappa shape index (κ3) is 2.78. The first kappa shape index (κ1) is 13.0. The molecular formula is C13H12BrN5O. The summed E-state index contributed by atoms with van der Waals surface area (Å²) in [7, 11) is 0. The fourth-order valence-corrected chi connectivity index (χ4v) is 2.25. The summed E-state index contributed by atoms with van der Waals surface area (Å²) in [5.74, 6) is 0.941. The minimum atomic E-state index is -0.358. The molecule has 1 atom stereocenters. The molecule has 102 valence electrons.